The molecule has 0 bridgehead atoms. The minimum absolute atomic E-state index is 0.738. The average Bonchev–Trinajstić information content (AvgIpc) is 2.76. The molecule has 3 heteroatoms. The van der Waals surface area contributed by atoms with Crippen molar-refractivity contribution in [1.29, 1.82) is 0 Å². The van der Waals surface area contributed by atoms with E-state index in [1.54, 1.807) is 11.3 Å². The Labute approximate surface area is 99.6 Å². The maximum Gasteiger partial charge on any atom is 0.0931 e. The van der Waals surface area contributed by atoms with Crippen molar-refractivity contribution in [2.45, 2.75) is 18.6 Å². The number of nitrogens with zero attached hydrogens (tertiary/aromatic N) is 1. The first-order valence-corrected chi connectivity index (χ1v) is 6.48. The van der Waals surface area contributed by atoms with Gasteiger partial charge in [0.25, 0.3) is 0 Å². The van der Waals surface area contributed by atoms with E-state index in [1.807, 2.05) is 6.07 Å². The van der Waals surface area contributed by atoms with Crippen molar-refractivity contribution in [3.63, 3.8) is 0 Å². The summed E-state index contributed by atoms with van der Waals surface area (Å²) in [6, 6.07) is 10.5. The summed E-state index contributed by atoms with van der Waals surface area (Å²) in [5.74, 6) is 0.738. The predicted molar refractivity (Wildman–Crippen MR) is 68.7 cm³/mol. The minimum atomic E-state index is 0.738. The Morgan fingerprint density at radius 3 is 2.60 bits per heavy atom. The minimum Gasteiger partial charge on any atom is -0.245 e. The van der Waals surface area contributed by atoms with Crippen LogP contribution in [-0.4, -0.2) is 4.98 Å². The smallest absolute Gasteiger partial charge is 0.0931 e. The van der Waals surface area contributed by atoms with Gasteiger partial charge < -0.3 is 0 Å². The number of hydrogen-bond donors (Lipinski definition) is 1. The summed E-state index contributed by atoms with van der Waals surface area (Å²) in [6.45, 7) is 0. The molecule has 1 aromatic carbocycles. The van der Waals surface area contributed by atoms with Gasteiger partial charge in [-0.25, -0.2) is 4.98 Å². The first-order chi connectivity index (χ1) is 7.38. The summed E-state index contributed by atoms with van der Waals surface area (Å²) in [5.41, 5.74) is 2.46. The molecule has 0 aliphatic rings. The Balaban J connectivity index is 1.93. The number of thiazole rings is 1. The summed E-state index contributed by atoms with van der Waals surface area (Å²) in [6.07, 6.45) is 2.10. The van der Waals surface area contributed by atoms with Crippen LogP contribution in [0.3, 0.4) is 0 Å². The molecule has 2 aromatic rings. The number of hydrogen-bond acceptors (Lipinski definition) is 3. The van der Waals surface area contributed by atoms with E-state index in [1.165, 1.54) is 10.6 Å². The second-order valence-corrected chi connectivity index (χ2v) is 4.64. The highest BCUT2D eigenvalue weighted by molar-refractivity contribution is 7.79. The van der Waals surface area contributed by atoms with Gasteiger partial charge in [-0.05, 0) is 12.0 Å². The van der Waals surface area contributed by atoms with Gasteiger partial charge in [-0.15, -0.1) is 11.3 Å². The van der Waals surface area contributed by atoms with Gasteiger partial charge in [0.15, 0.2) is 0 Å². The van der Waals surface area contributed by atoms with E-state index >= 15 is 0 Å². The van der Waals surface area contributed by atoms with Gasteiger partial charge >= 0.3 is 0 Å². The van der Waals surface area contributed by atoms with Crippen molar-refractivity contribution in [3.8, 4) is 0 Å². The lowest BCUT2D eigenvalue weighted by Gasteiger charge is -1.97. The average molecular weight is 235 g/mol. The summed E-state index contributed by atoms with van der Waals surface area (Å²) in [5, 5.41) is 3.30. The van der Waals surface area contributed by atoms with Crippen LogP contribution in [-0.2, 0) is 18.6 Å². The Kier molecular flexibility index (Phi) is 3.80. The van der Waals surface area contributed by atoms with Crippen LogP contribution in [0.4, 0.5) is 0 Å². The number of thiol groups is 1. The van der Waals surface area contributed by atoms with Crippen molar-refractivity contribution in [2.75, 3.05) is 0 Å². The molecule has 0 saturated heterocycles. The van der Waals surface area contributed by atoms with E-state index < -0.39 is 0 Å². The van der Waals surface area contributed by atoms with Gasteiger partial charge in [0.2, 0.25) is 0 Å². The van der Waals surface area contributed by atoms with E-state index in [0.29, 0.717) is 0 Å². The molecule has 2 rings (SSSR count). The number of aryl methyl sites for hydroxylation is 2. The molecule has 78 valence electrons. The highest BCUT2D eigenvalue weighted by Gasteiger charge is 2.00. The lowest BCUT2D eigenvalue weighted by molar-refractivity contribution is 0.935. The maximum atomic E-state index is 4.49. The van der Waals surface area contributed by atoms with E-state index in [2.05, 4.69) is 47.3 Å². The highest BCUT2D eigenvalue weighted by Crippen LogP contribution is 2.14. The molecule has 0 N–H and O–H groups in total. The van der Waals surface area contributed by atoms with Gasteiger partial charge in [0, 0.05) is 17.6 Å². The fourth-order valence-electron chi connectivity index (χ4n) is 1.43. The number of benzene rings is 1. The second-order valence-electron chi connectivity index (χ2n) is 3.38. The van der Waals surface area contributed by atoms with Crippen LogP contribution in [0.15, 0.2) is 35.7 Å². The molecule has 1 nitrogen and oxygen atoms in total. The third-order valence-electron chi connectivity index (χ3n) is 2.23. The van der Waals surface area contributed by atoms with Crippen LogP contribution < -0.4 is 0 Å². The monoisotopic (exact) mass is 235 g/mol. The standard InChI is InChI=1S/C12H13NS2/c14-8-11-9-15-12(13-11)7-6-10-4-2-1-3-5-10/h1-5,9,14H,6-8H2. The van der Waals surface area contributed by atoms with Crippen LogP contribution in [0.1, 0.15) is 16.3 Å². The van der Waals surface area contributed by atoms with Gasteiger partial charge in [0.05, 0.1) is 10.7 Å². The quantitative estimate of drug-likeness (QED) is 0.802. The molecule has 0 atom stereocenters. The zero-order chi connectivity index (χ0) is 10.5. The lowest BCUT2D eigenvalue weighted by Crippen LogP contribution is -1.90. The molecular weight excluding hydrogens is 222 g/mol. The Hall–Kier alpha value is -0.800. The largest absolute Gasteiger partial charge is 0.245 e. The molecule has 15 heavy (non-hydrogen) atoms. The fraction of sp³-hybridized carbons (Fsp3) is 0.250. The Morgan fingerprint density at radius 2 is 1.93 bits per heavy atom. The molecule has 0 fully saturated rings. The van der Waals surface area contributed by atoms with Gasteiger partial charge in [-0.3, -0.25) is 0 Å². The summed E-state index contributed by atoms with van der Waals surface area (Å²) >= 11 is 5.94. The molecule has 0 saturated carbocycles. The molecule has 0 amide bonds. The number of aromatic nitrogens is 1. The summed E-state index contributed by atoms with van der Waals surface area (Å²) in [7, 11) is 0. The van der Waals surface area contributed by atoms with Crippen LogP contribution >= 0.6 is 24.0 Å². The van der Waals surface area contributed by atoms with Crippen molar-refractivity contribution in [2.24, 2.45) is 0 Å². The van der Waals surface area contributed by atoms with Gasteiger partial charge in [-0.1, -0.05) is 30.3 Å². The van der Waals surface area contributed by atoms with E-state index in [9.17, 15) is 0 Å². The van der Waals surface area contributed by atoms with Crippen molar-refractivity contribution < 1.29 is 0 Å². The number of rotatable bonds is 4. The van der Waals surface area contributed by atoms with E-state index in [-0.39, 0.29) is 0 Å². The van der Waals surface area contributed by atoms with Crippen LogP contribution in [0, 0.1) is 0 Å². The highest BCUT2D eigenvalue weighted by atomic mass is 32.1. The first-order valence-electron chi connectivity index (χ1n) is 4.96. The summed E-state index contributed by atoms with van der Waals surface area (Å²) < 4.78 is 0. The van der Waals surface area contributed by atoms with E-state index in [4.69, 9.17) is 0 Å². The SMILES string of the molecule is SCc1csc(CCc2ccccc2)n1. The third-order valence-corrected chi connectivity index (χ3v) is 3.51. The molecule has 0 spiro atoms. The Morgan fingerprint density at radius 1 is 1.13 bits per heavy atom. The Bertz CT molecular complexity index is 409. The summed E-state index contributed by atoms with van der Waals surface area (Å²) in [4.78, 5) is 4.49. The zero-order valence-corrected chi connectivity index (χ0v) is 10.1. The first kappa shape index (κ1) is 10.7. The molecule has 1 aromatic heterocycles. The van der Waals surface area contributed by atoms with Crippen LogP contribution in [0.5, 0.6) is 0 Å². The second kappa shape index (κ2) is 5.33. The van der Waals surface area contributed by atoms with E-state index in [0.717, 1.165) is 24.3 Å². The van der Waals surface area contributed by atoms with Crippen molar-refractivity contribution >= 4 is 24.0 Å². The lowest BCUT2D eigenvalue weighted by atomic mass is 10.1. The third kappa shape index (κ3) is 3.08. The maximum absolute atomic E-state index is 4.49. The predicted octanol–water partition coefficient (Wildman–Crippen LogP) is 3.36. The van der Waals surface area contributed by atoms with Gasteiger partial charge in [0.1, 0.15) is 0 Å². The molecular formula is C12H13NS2. The normalized spacial score (nSPS) is 10.5. The fourth-order valence-corrected chi connectivity index (χ4v) is 2.52. The molecule has 1 heterocycles. The molecule has 0 aliphatic heterocycles. The van der Waals surface area contributed by atoms with Crippen LogP contribution in [0.2, 0.25) is 0 Å². The molecule has 0 aliphatic carbocycles. The van der Waals surface area contributed by atoms with Crippen molar-refractivity contribution in [3.05, 3.63) is 52.0 Å². The van der Waals surface area contributed by atoms with Crippen LogP contribution in [0.25, 0.3) is 0 Å². The van der Waals surface area contributed by atoms with Gasteiger partial charge in [-0.2, -0.15) is 12.6 Å². The molecule has 0 radical (unpaired) electrons. The zero-order valence-electron chi connectivity index (χ0n) is 8.39. The topological polar surface area (TPSA) is 12.9 Å². The van der Waals surface area contributed by atoms with Crippen molar-refractivity contribution in [1.82, 2.24) is 4.98 Å². The molecule has 0 unspecified atom stereocenters.